The number of carbonyl (C=O) groups is 1. The number of aliphatic hydroxyl groups excluding tert-OH is 1. The molecule has 0 fully saturated rings. The lowest BCUT2D eigenvalue weighted by Gasteiger charge is -2.11. The van der Waals surface area contributed by atoms with Crippen molar-refractivity contribution in [1.29, 1.82) is 0 Å². The van der Waals surface area contributed by atoms with Gasteiger partial charge in [-0.2, -0.15) is 8.42 Å². The molecule has 0 aromatic heterocycles. The Labute approximate surface area is 134 Å². The number of hydrogen-bond acceptors (Lipinski definition) is 4. The molecular weight excluding hydrogens is 306 g/mol. The highest BCUT2D eigenvalue weighted by molar-refractivity contribution is 7.85. The minimum Gasteiger partial charge on any atom is -0.374 e. The second-order valence-corrected chi connectivity index (χ2v) is 7.31. The molecule has 0 spiro atoms. The maximum absolute atomic E-state index is 11.5. The number of aliphatic hydroxyl groups is 1. The molecule has 132 valence electrons. The molecule has 0 saturated carbocycles. The van der Waals surface area contributed by atoms with Gasteiger partial charge in [-0.1, -0.05) is 58.3 Å². The van der Waals surface area contributed by atoms with E-state index in [1.54, 1.807) is 0 Å². The summed E-state index contributed by atoms with van der Waals surface area (Å²) in [5, 5.41) is 11.7. The highest BCUT2D eigenvalue weighted by Crippen LogP contribution is 2.10. The van der Waals surface area contributed by atoms with Gasteiger partial charge in [0.1, 0.15) is 6.23 Å². The Balaban J connectivity index is 3.46. The van der Waals surface area contributed by atoms with Gasteiger partial charge in [-0.25, -0.2) is 0 Å². The molecule has 1 unspecified atom stereocenters. The van der Waals surface area contributed by atoms with Crippen molar-refractivity contribution in [2.75, 3.05) is 5.75 Å². The van der Waals surface area contributed by atoms with Crippen molar-refractivity contribution in [3.8, 4) is 0 Å². The lowest BCUT2D eigenvalue weighted by Crippen LogP contribution is -2.35. The van der Waals surface area contributed by atoms with Crippen molar-refractivity contribution in [1.82, 2.24) is 5.32 Å². The van der Waals surface area contributed by atoms with E-state index in [4.69, 9.17) is 4.55 Å². The van der Waals surface area contributed by atoms with Crippen molar-refractivity contribution >= 4 is 16.0 Å². The van der Waals surface area contributed by atoms with Crippen LogP contribution in [-0.2, 0) is 14.9 Å². The topological polar surface area (TPSA) is 104 Å². The van der Waals surface area contributed by atoms with Crippen molar-refractivity contribution < 1.29 is 22.9 Å². The Morgan fingerprint density at radius 3 is 2.00 bits per heavy atom. The molecule has 1 atom stereocenters. The van der Waals surface area contributed by atoms with Gasteiger partial charge >= 0.3 is 0 Å². The van der Waals surface area contributed by atoms with Gasteiger partial charge in [-0.05, 0) is 6.42 Å². The normalized spacial score (nSPS) is 13.0. The number of unbranched alkanes of at least 4 members (excludes halogenated alkanes) is 8. The van der Waals surface area contributed by atoms with Gasteiger partial charge in [0.05, 0.1) is 5.75 Å². The highest BCUT2D eigenvalue weighted by Gasteiger charge is 2.12. The molecule has 0 saturated heterocycles. The molecule has 0 aliphatic heterocycles. The third-order valence-electron chi connectivity index (χ3n) is 3.48. The van der Waals surface area contributed by atoms with Crippen molar-refractivity contribution in [2.45, 2.75) is 83.8 Å². The largest absolute Gasteiger partial charge is 0.374 e. The molecular formula is C15H31NO5S. The fraction of sp³-hybridized carbons (Fsp3) is 0.933. The first kappa shape index (κ1) is 21.3. The summed E-state index contributed by atoms with van der Waals surface area (Å²) < 4.78 is 29.6. The van der Waals surface area contributed by atoms with E-state index >= 15 is 0 Å². The predicted molar refractivity (Wildman–Crippen MR) is 87.0 cm³/mol. The SMILES string of the molecule is CCCCCCCCCCCC(=O)NC(O)CCS(=O)(=O)O. The van der Waals surface area contributed by atoms with Crippen LogP contribution in [0.2, 0.25) is 0 Å². The Morgan fingerprint density at radius 2 is 1.50 bits per heavy atom. The lowest BCUT2D eigenvalue weighted by molar-refractivity contribution is -0.124. The highest BCUT2D eigenvalue weighted by atomic mass is 32.2. The lowest BCUT2D eigenvalue weighted by atomic mass is 10.1. The first-order chi connectivity index (χ1) is 10.3. The summed E-state index contributed by atoms with van der Waals surface area (Å²) >= 11 is 0. The fourth-order valence-electron chi connectivity index (χ4n) is 2.19. The zero-order chi connectivity index (χ0) is 16.8. The van der Waals surface area contributed by atoms with Gasteiger partial charge in [0.2, 0.25) is 5.91 Å². The molecule has 0 rings (SSSR count). The van der Waals surface area contributed by atoms with Gasteiger partial charge < -0.3 is 10.4 Å². The molecule has 22 heavy (non-hydrogen) atoms. The van der Waals surface area contributed by atoms with E-state index in [-0.39, 0.29) is 12.3 Å². The molecule has 0 aromatic rings. The van der Waals surface area contributed by atoms with E-state index in [9.17, 15) is 18.3 Å². The smallest absolute Gasteiger partial charge is 0.265 e. The molecule has 1 amide bonds. The quantitative estimate of drug-likeness (QED) is 0.257. The number of carbonyl (C=O) groups excluding carboxylic acids is 1. The molecule has 3 N–H and O–H groups in total. The molecule has 0 bridgehead atoms. The minimum atomic E-state index is -4.10. The van der Waals surface area contributed by atoms with Crippen LogP contribution >= 0.6 is 0 Å². The van der Waals surface area contributed by atoms with E-state index in [0.717, 1.165) is 19.3 Å². The number of hydrogen-bond donors (Lipinski definition) is 3. The van der Waals surface area contributed by atoms with E-state index in [1.807, 2.05) is 0 Å². The maximum Gasteiger partial charge on any atom is 0.265 e. The van der Waals surface area contributed by atoms with Gasteiger partial charge in [-0.3, -0.25) is 9.35 Å². The van der Waals surface area contributed by atoms with Crippen LogP contribution in [0.1, 0.15) is 77.6 Å². The average molecular weight is 337 g/mol. The van der Waals surface area contributed by atoms with Gasteiger partial charge in [0.25, 0.3) is 10.1 Å². The summed E-state index contributed by atoms with van der Waals surface area (Å²) in [6.45, 7) is 2.20. The maximum atomic E-state index is 11.5. The third-order valence-corrected chi connectivity index (χ3v) is 4.24. The van der Waals surface area contributed by atoms with Crippen LogP contribution < -0.4 is 5.32 Å². The van der Waals surface area contributed by atoms with E-state index in [0.29, 0.717) is 6.42 Å². The van der Waals surface area contributed by atoms with Crippen molar-refractivity contribution in [3.63, 3.8) is 0 Å². The first-order valence-corrected chi connectivity index (χ1v) is 9.88. The van der Waals surface area contributed by atoms with Gasteiger partial charge in [0, 0.05) is 12.8 Å². The molecule has 0 aromatic carbocycles. The number of amides is 1. The summed E-state index contributed by atoms with van der Waals surface area (Å²) in [4.78, 5) is 11.5. The fourth-order valence-corrected chi connectivity index (χ4v) is 2.71. The summed E-state index contributed by atoms with van der Waals surface area (Å²) in [6.07, 6.45) is 9.37. The van der Waals surface area contributed by atoms with E-state index in [1.165, 1.54) is 38.5 Å². The second-order valence-electron chi connectivity index (χ2n) is 5.74. The Hall–Kier alpha value is -0.660. The standard InChI is InChI=1S/C15H31NO5S/c1-2-3-4-5-6-7-8-9-10-11-14(17)16-15(18)12-13-22(19,20)21/h15,18H,2-13H2,1H3,(H,16,17)(H,19,20,21). The summed E-state index contributed by atoms with van der Waals surface area (Å²) in [6, 6.07) is 0. The average Bonchev–Trinajstić information content (AvgIpc) is 2.42. The molecule has 6 nitrogen and oxygen atoms in total. The molecule has 0 heterocycles. The summed E-state index contributed by atoms with van der Waals surface area (Å²) in [7, 11) is -4.10. The molecule has 0 aliphatic rings. The summed E-state index contributed by atoms with van der Waals surface area (Å²) in [5.41, 5.74) is 0. The van der Waals surface area contributed by atoms with Crippen LogP contribution in [0.5, 0.6) is 0 Å². The number of rotatable bonds is 14. The van der Waals surface area contributed by atoms with Crippen molar-refractivity contribution in [2.24, 2.45) is 0 Å². The minimum absolute atomic E-state index is 0.206. The number of nitrogens with one attached hydrogen (secondary N) is 1. The molecule has 0 aliphatic carbocycles. The molecule has 0 radical (unpaired) electrons. The van der Waals surface area contributed by atoms with Gasteiger partial charge in [-0.15, -0.1) is 0 Å². The predicted octanol–water partition coefficient (Wildman–Crippen LogP) is 2.62. The van der Waals surface area contributed by atoms with Crippen LogP contribution in [0.25, 0.3) is 0 Å². The monoisotopic (exact) mass is 337 g/mol. The Bertz CT molecular complexity index is 383. The van der Waals surface area contributed by atoms with E-state index in [2.05, 4.69) is 12.2 Å². The Morgan fingerprint density at radius 1 is 1.00 bits per heavy atom. The van der Waals surface area contributed by atoms with Crippen LogP contribution in [0.3, 0.4) is 0 Å². The van der Waals surface area contributed by atoms with E-state index < -0.39 is 22.1 Å². The zero-order valence-electron chi connectivity index (χ0n) is 13.6. The first-order valence-electron chi connectivity index (χ1n) is 8.27. The van der Waals surface area contributed by atoms with Crippen molar-refractivity contribution in [3.05, 3.63) is 0 Å². The van der Waals surface area contributed by atoms with Crippen LogP contribution in [0, 0.1) is 0 Å². The van der Waals surface area contributed by atoms with Crippen LogP contribution in [0.15, 0.2) is 0 Å². The van der Waals surface area contributed by atoms with Crippen LogP contribution in [0.4, 0.5) is 0 Å². The Kier molecular flexibility index (Phi) is 12.5. The van der Waals surface area contributed by atoms with Crippen LogP contribution in [-0.4, -0.2) is 36.0 Å². The second kappa shape index (κ2) is 12.8. The summed E-state index contributed by atoms with van der Waals surface area (Å²) in [5.74, 6) is -0.849. The third kappa shape index (κ3) is 15.7. The molecule has 7 heteroatoms. The van der Waals surface area contributed by atoms with Gasteiger partial charge in [0.15, 0.2) is 0 Å². The zero-order valence-corrected chi connectivity index (χ0v) is 14.4.